The van der Waals surface area contributed by atoms with Crippen LogP contribution in [-0.2, 0) is 11.3 Å². The number of hydrogen-bond donors (Lipinski definition) is 1. The molecule has 1 aromatic carbocycles. The molecule has 0 radical (unpaired) electrons. The molecule has 0 saturated carbocycles. The molecule has 20 heavy (non-hydrogen) atoms. The molecule has 1 heterocycles. The monoisotopic (exact) mass is 340 g/mol. The Labute approximate surface area is 130 Å². The van der Waals surface area contributed by atoms with E-state index in [2.05, 4.69) is 72.0 Å². The van der Waals surface area contributed by atoms with Crippen molar-refractivity contribution in [3.8, 4) is 0 Å². The Hall–Kier alpha value is -0.580. The standard InChI is InChI=1S/C16H25BrN2O/c1-11(2)18-8-14-5-6-16(15(17)7-14)19-9-12(3)20-13(4)10-19/h5-7,11-13,18H,8-10H2,1-4H3. The van der Waals surface area contributed by atoms with Crippen LogP contribution in [-0.4, -0.2) is 31.3 Å². The van der Waals surface area contributed by atoms with Crippen LogP contribution in [0.15, 0.2) is 22.7 Å². The molecule has 2 atom stereocenters. The maximum Gasteiger partial charge on any atom is 0.0726 e. The van der Waals surface area contributed by atoms with Gasteiger partial charge in [0.2, 0.25) is 0 Å². The van der Waals surface area contributed by atoms with E-state index < -0.39 is 0 Å². The molecule has 1 aliphatic rings. The molecular formula is C16H25BrN2O. The van der Waals surface area contributed by atoms with Gasteiger partial charge in [-0.1, -0.05) is 19.9 Å². The summed E-state index contributed by atoms with van der Waals surface area (Å²) in [5, 5.41) is 3.45. The van der Waals surface area contributed by atoms with Gasteiger partial charge in [0.25, 0.3) is 0 Å². The fourth-order valence-electron chi connectivity index (χ4n) is 2.61. The number of anilines is 1. The Kier molecular flexibility index (Phi) is 5.47. The third-order valence-electron chi connectivity index (χ3n) is 3.49. The number of morpholine rings is 1. The van der Waals surface area contributed by atoms with Crippen molar-refractivity contribution in [3.05, 3.63) is 28.2 Å². The highest BCUT2D eigenvalue weighted by Crippen LogP contribution is 2.29. The number of rotatable bonds is 4. The summed E-state index contributed by atoms with van der Waals surface area (Å²) in [4.78, 5) is 2.41. The van der Waals surface area contributed by atoms with Gasteiger partial charge in [0.05, 0.1) is 17.9 Å². The lowest BCUT2D eigenvalue weighted by atomic mass is 10.1. The van der Waals surface area contributed by atoms with Crippen molar-refractivity contribution in [2.24, 2.45) is 0 Å². The van der Waals surface area contributed by atoms with Crippen LogP contribution < -0.4 is 10.2 Å². The van der Waals surface area contributed by atoms with Crippen LogP contribution in [0.3, 0.4) is 0 Å². The maximum absolute atomic E-state index is 5.80. The summed E-state index contributed by atoms with van der Waals surface area (Å²) in [7, 11) is 0. The van der Waals surface area contributed by atoms with Crippen LogP contribution in [0.2, 0.25) is 0 Å². The third-order valence-corrected chi connectivity index (χ3v) is 4.12. The smallest absolute Gasteiger partial charge is 0.0726 e. The summed E-state index contributed by atoms with van der Waals surface area (Å²) in [5.41, 5.74) is 2.57. The molecule has 0 aliphatic carbocycles. The van der Waals surface area contributed by atoms with Crippen LogP contribution in [0.1, 0.15) is 33.3 Å². The average molecular weight is 341 g/mol. The summed E-state index contributed by atoms with van der Waals surface area (Å²) in [6.07, 6.45) is 0.570. The Bertz CT molecular complexity index is 440. The van der Waals surface area contributed by atoms with Gasteiger partial charge in [-0.25, -0.2) is 0 Å². The lowest BCUT2D eigenvalue weighted by Crippen LogP contribution is -2.45. The zero-order chi connectivity index (χ0) is 14.7. The van der Waals surface area contributed by atoms with Crippen LogP contribution in [0.5, 0.6) is 0 Å². The number of halogens is 1. The molecule has 1 saturated heterocycles. The van der Waals surface area contributed by atoms with E-state index in [1.165, 1.54) is 15.7 Å². The zero-order valence-corrected chi connectivity index (χ0v) is 14.4. The molecule has 0 amide bonds. The largest absolute Gasteiger partial charge is 0.372 e. The van der Waals surface area contributed by atoms with E-state index in [1.54, 1.807) is 0 Å². The first-order valence-corrected chi connectivity index (χ1v) is 8.17. The average Bonchev–Trinajstić information content (AvgIpc) is 2.35. The first-order chi connectivity index (χ1) is 9.45. The highest BCUT2D eigenvalue weighted by molar-refractivity contribution is 9.10. The number of ether oxygens (including phenoxy) is 1. The minimum absolute atomic E-state index is 0.285. The Balaban J connectivity index is 2.09. The van der Waals surface area contributed by atoms with Crippen molar-refractivity contribution in [1.82, 2.24) is 5.32 Å². The Morgan fingerprint density at radius 1 is 1.30 bits per heavy atom. The van der Waals surface area contributed by atoms with Crippen molar-refractivity contribution >= 4 is 21.6 Å². The van der Waals surface area contributed by atoms with Crippen LogP contribution in [0.4, 0.5) is 5.69 Å². The summed E-state index contributed by atoms with van der Waals surface area (Å²) in [5.74, 6) is 0. The molecule has 0 aromatic heterocycles. The van der Waals surface area contributed by atoms with Gasteiger partial charge in [-0.2, -0.15) is 0 Å². The zero-order valence-electron chi connectivity index (χ0n) is 12.8. The molecule has 2 rings (SSSR count). The van der Waals surface area contributed by atoms with E-state index in [4.69, 9.17) is 4.74 Å². The fourth-order valence-corrected chi connectivity index (χ4v) is 3.29. The highest BCUT2D eigenvalue weighted by atomic mass is 79.9. The molecule has 1 N–H and O–H groups in total. The molecule has 112 valence electrons. The summed E-state index contributed by atoms with van der Waals surface area (Å²) in [6, 6.07) is 7.15. The van der Waals surface area contributed by atoms with Crippen molar-refractivity contribution in [1.29, 1.82) is 0 Å². The summed E-state index contributed by atoms with van der Waals surface area (Å²) >= 11 is 3.72. The van der Waals surface area contributed by atoms with E-state index in [1.807, 2.05) is 0 Å². The van der Waals surface area contributed by atoms with E-state index in [-0.39, 0.29) is 12.2 Å². The van der Waals surface area contributed by atoms with Crippen LogP contribution in [0, 0.1) is 0 Å². The lowest BCUT2D eigenvalue weighted by molar-refractivity contribution is -0.00525. The molecule has 0 spiro atoms. The number of nitrogens with one attached hydrogen (secondary N) is 1. The highest BCUT2D eigenvalue weighted by Gasteiger charge is 2.23. The van der Waals surface area contributed by atoms with Crippen LogP contribution in [0.25, 0.3) is 0 Å². The van der Waals surface area contributed by atoms with Gasteiger partial charge in [0, 0.05) is 30.1 Å². The Morgan fingerprint density at radius 3 is 2.50 bits per heavy atom. The van der Waals surface area contributed by atoms with Crippen molar-refractivity contribution in [3.63, 3.8) is 0 Å². The molecule has 2 unspecified atom stereocenters. The molecule has 3 nitrogen and oxygen atoms in total. The SMILES string of the molecule is CC(C)NCc1ccc(N2CC(C)OC(C)C2)c(Br)c1. The van der Waals surface area contributed by atoms with Gasteiger partial charge >= 0.3 is 0 Å². The molecule has 1 aromatic rings. The van der Waals surface area contributed by atoms with Gasteiger partial charge in [-0.15, -0.1) is 0 Å². The van der Waals surface area contributed by atoms with Gasteiger partial charge in [-0.05, 0) is 47.5 Å². The van der Waals surface area contributed by atoms with Gasteiger partial charge in [0.1, 0.15) is 0 Å². The fraction of sp³-hybridized carbons (Fsp3) is 0.625. The second-order valence-electron chi connectivity index (χ2n) is 5.98. The lowest BCUT2D eigenvalue weighted by Gasteiger charge is -2.37. The molecule has 4 heteroatoms. The minimum Gasteiger partial charge on any atom is -0.372 e. The van der Waals surface area contributed by atoms with Crippen molar-refractivity contribution < 1.29 is 4.74 Å². The molecular weight excluding hydrogens is 316 g/mol. The second-order valence-corrected chi connectivity index (χ2v) is 6.84. The first kappa shape index (κ1) is 15.8. The first-order valence-electron chi connectivity index (χ1n) is 7.38. The van der Waals surface area contributed by atoms with Gasteiger partial charge in [0.15, 0.2) is 0 Å². The quantitative estimate of drug-likeness (QED) is 0.906. The van der Waals surface area contributed by atoms with E-state index >= 15 is 0 Å². The van der Waals surface area contributed by atoms with Gasteiger partial charge < -0.3 is 15.0 Å². The second kappa shape index (κ2) is 6.92. The predicted octanol–water partition coefficient (Wildman–Crippen LogP) is 3.56. The maximum atomic E-state index is 5.80. The number of benzene rings is 1. The predicted molar refractivity (Wildman–Crippen MR) is 88.3 cm³/mol. The molecule has 1 fully saturated rings. The number of hydrogen-bond acceptors (Lipinski definition) is 3. The van der Waals surface area contributed by atoms with E-state index in [0.29, 0.717) is 6.04 Å². The van der Waals surface area contributed by atoms with Crippen molar-refractivity contribution in [2.75, 3.05) is 18.0 Å². The van der Waals surface area contributed by atoms with Gasteiger partial charge in [-0.3, -0.25) is 0 Å². The molecule has 1 aliphatic heterocycles. The number of nitrogens with zero attached hydrogens (tertiary/aromatic N) is 1. The van der Waals surface area contributed by atoms with E-state index in [0.717, 1.165) is 19.6 Å². The third kappa shape index (κ3) is 4.21. The summed E-state index contributed by atoms with van der Waals surface area (Å²) in [6.45, 7) is 11.4. The minimum atomic E-state index is 0.285. The van der Waals surface area contributed by atoms with Crippen molar-refractivity contribution in [2.45, 2.75) is 52.5 Å². The topological polar surface area (TPSA) is 24.5 Å². The van der Waals surface area contributed by atoms with Crippen LogP contribution >= 0.6 is 15.9 Å². The molecule has 0 bridgehead atoms. The summed E-state index contributed by atoms with van der Waals surface area (Å²) < 4.78 is 6.97. The van der Waals surface area contributed by atoms with E-state index in [9.17, 15) is 0 Å². The normalized spacial score (nSPS) is 23.4. The Morgan fingerprint density at radius 2 is 1.95 bits per heavy atom.